The van der Waals surface area contributed by atoms with E-state index in [1.165, 1.54) is 30.4 Å². The maximum absolute atomic E-state index is 13.9. The summed E-state index contributed by atoms with van der Waals surface area (Å²) in [7, 11) is 0. The molecule has 1 aliphatic heterocycles. The van der Waals surface area contributed by atoms with E-state index in [-0.39, 0.29) is 88.6 Å². The molecule has 6 amide bonds. The molecule has 1 fully saturated rings. The second-order valence-corrected chi connectivity index (χ2v) is 24.0. The zero-order valence-corrected chi connectivity index (χ0v) is 52.1. The van der Waals surface area contributed by atoms with Crippen LogP contribution in [0, 0.1) is 11.8 Å². The third kappa shape index (κ3) is 28.4. The van der Waals surface area contributed by atoms with Crippen LogP contribution in [0.1, 0.15) is 83.4 Å². The topological polar surface area (TPSA) is 358 Å². The minimum absolute atomic E-state index is 0.0840. The summed E-state index contributed by atoms with van der Waals surface area (Å²) in [5.41, 5.74) is 2.75. The molecule has 0 spiro atoms. The summed E-state index contributed by atoms with van der Waals surface area (Å²) < 4.78 is 0. The van der Waals surface area contributed by atoms with Crippen LogP contribution in [-0.4, -0.2) is 219 Å². The highest BCUT2D eigenvalue weighted by Gasteiger charge is 2.33. The number of hydrogen-bond donors (Lipinski definition) is 12. The van der Waals surface area contributed by atoms with E-state index in [0.717, 1.165) is 5.56 Å². The van der Waals surface area contributed by atoms with Gasteiger partial charge < -0.3 is 63.0 Å². The van der Waals surface area contributed by atoms with Crippen LogP contribution in [0.3, 0.4) is 0 Å². The predicted octanol–water partition coefficient (Wildman–Crippen LogP) is 1.43. The molecule has 0 aliphatic carbocycles. The Morgan fingerprint density at radius 3 is 1.64 bits per heavy atom. The number of carbonyl (C=O) groups is 10. The average molecular weight is 1250 g/mol. The Kier molecular flexibility index (Phi) is 32.9. The Labute approximate surface area is 511 Å². The number of carbonyl (C=O) groups excluding carboxylic acids is 6. The summed E-state index contributed by atoms with van der Waals surface area (Å²) in [4.78, 5) is 132. The Bertz CT molecular complexity index is 2550. The number of rotatable bonds is 36. The van der Waals surface area contributed by atoms with Crippen molar-refractivity contribution in [2.45, 2.75) is 122 Å². The number of unbranched alkanes of at least 4 members (excludes halogenated alkanes) is 1. The average Bonchev–Trinajstić information content (AvgIpc) is 3.85. The molecule has 1 saturated heterocycles. The fourth-order valence-electron chi connectivity index (χ4n) is 9.28. The smallest absolute Gasteiger partial charge is 0.326 e. The number of nitrogens with zero attached hydrogens (tertiary/aromatic N) is 3. The third-order valence-corrected chi connectivity index (χ3v) is 15.4. The molecule has 0 aromatic heterocycles. The number of amides is 6. The number of thiocarbonyl (C=S) groups is 1. The van der Waals surface area contributed by atoms with Crippen molar-refractivity contribution in [2.75, 3.05) is 88.2 Å². The molecule has 25 nitrogen and oxygen atoms in total. The molecule has 3 rings (SSSR count). The van der Waals surface area contributed by atoms with Gasteiger partial charge in [-0.05, 0) is 115 Å². The summed E-state index contributed by atoms with van der Waals surface area (Å²) >= 11 is 8.66. The molecule has 0 radical (unpaired) electrons. The van der Waals surface area contributed by atoms with Gasteiger partial charge in [0.1, 0.15) is 30.2 Å². The van der Waals surface area contributed by atoms with Gasteiger partial charge in [0.25, 0.3) is 0 Å². The van der Waals surface area contributed by atoms with Crippen LogP contribution < -0.4 is 42.5 Å². The summed E-state index contributed by atoms with van der Waals surface area (Å²) in [6.07, 6.45) is 5.72. The number of nitrogens with one attached hydrogen (secondary N) is 8. The molecule has 2 aromatic rings. The fourth-order valence-corrected chi connectivity index (χ4v) is 10.5. The molecule has 85 heavy (non-hydrogen) atoms. The minimum Gasteiger partial charge on any atom is -0.480 e. The van der Waals surface area contributed by atoms with Crippen molar-refractivity contribution in [3.63, 3.8) is 0 Å². The van der Waals surface area contributed by atoms with Crippen molar-refractivity contribution in [3.05, 3.63) is 65.2 Å². The lowest BCUT2D eigenvalue weighted by atomic mass is 10.0. The first-order valence-electron chi connectivity index (χ1n) is 28.3. The van der Waals surface area contributed by atoms with Crippen LogP contribution in [0.2, 0.25) is 0 Å². The molecule has 0 saturated carbocycles. The lowest BCUT2D eigenvalue weighted by Gasteiger charge is -2.33. The largest absolute Gasteiger partial charge is 0.480 e. The van der Waals surface area contributed by atoms with Crippen LogP contribution in [0.25, 0.3) is 0 Å². The maximum Gasteiger partial charge on any atom is 0.326 e. The van der Waals surface area contributed by atoms with Crippen molar-refractivity contribution in [1.29, 1.82) is 0 Å². The van der Waals surface area contributed by atoms with Gasteiger partial charge in [0.05, 0.1) is 26.1 Å². The Morgan fingerprint density at radius 1 is 0.576 bits per heavy atom. The first kappa shape index (κ1) is 72.7. The number of hydrogen-bond acceptors (Lipinski definition) is 16. The van der Waals surface area contributed by atoms with E-state index in [4.69, 9.17) is 12.2 Å². The lowest BCUT2D eigenvalue weighted by Crippen LogP contribution is -2.57. The highest BCUT2D eigenvalue weighted by Crippen LogP contribution is 2.18. The number of benzene rings is 2. The maximum atomic E-state index is 13.9. The van der Waals surface area contributed by atoms with E-state index in [1.807, 2.05) is 38.5 Å². The van der Waals surface area contributed by atoms with E-state index in [9.17, 15) is 68.4 Å². The summed E-state index contributed by atoms with van der Waals surface area (Å²) in [5, 5.41) is 61.5. The molecule has 472 valence electrons. The minimum atomic E-state index is -1.23. The van der Waals surface area contributed by atoms with Gasteiger partial charge >= 0.3 is 23.9 Å². The van der Waals surface area contributed by atoms with Crippen LogP contribution in [0.15, 0.2) is 48.5 Å². The standard InChI is InChI=1S/C57H87N11O14S3/c1-35(2)50(54(79)59-30-40-13-11-39(12-14-40)29-46(70)61-43(19-26-84-6)52(77)65-51(36(3)4)55(80)62-45(56(81)82)10-8-9-21-58-37(5)69)64-53(78)44(20-27-85-7)63-57(83)60-41-17-15-38(16-18-41)28-42-31-67(33-48(73)74)23-22-66(32-47(71)72)24-25-68(42)34-49(75)76/h11-18,35-36,42-45,50-51H,8-10,19-34H2,1-7H3,(H,58,69)(H,59,79)(H,61,70)(H,62,80)(H,64,78)(H,65,77)(H,71,72)(H,73,74)(H,75,76)(H,81,82)(H2,60,63,83)/t42?,43-,44-,45-,50-,51-/m0/s1. The van der Waals surface area contributed by atoms with E-state index in [2.05, 4.69) is 42.5 Å². The van der Waals surface area contributed by atoms with Gasteiger partial charge in [-0.25, -0.2) is 4.79 Å². The lowest BCUT2D eigenvalue weighted by molar-refractivity contribution is -0.143. The molecule has 1 aliphatic rings. The monoisotopic (exact) mass is 1250 g/mol. The van der Waals surface area contributed by atoms with E-state index in [1.54, 1.807) is 64.9 Å². The highest BCUT2D eigenvalue weighted by atomic mass is 32.2. The van der Waals surface area contributed by atoms with Gasteiger partial charge in [0, 0.05) is 64.5 Å². The molecular formula is C57H87N11O14S3. The van der Waals surface area contributed by atoms with E-state index < -0.39 is 95.6 Å². The molecular weight excluding hydrogens is 1160 g/mol. The van der Waals surface area contributed by atoms with Gasteiger partial charge in [0.15, 0.2) is 5.11 Å². The van der Waals surface area contributed by atoms with Gasteiger partial charge in [-0.2, -0.15) is 23.5 Å². The van der Waals surface area contributed by atoms with Crippen LogP contribution in [0.4, 0.5) is 5.69 Å². The van der Waals surface area contributed by atoms with Crippen molar-refractivity contribution < 1.29 is 68.4 Å². The highest BCUT2D eigenvalue weighted by molar-refractivity contribution is 7.98. The molecule has 6 atom stereocenters. The number of carboxylic acid groups (broad SMARTS) is 4. The molecule has 12 N–H and O–H groups in total. The van der Waals surface area contributed by atoms with Crippen molar-refractivity contribution in [1.82, 2.24) is 51.9 Å². The molecule has 0 bridgehead atoms. The molecule has 28 heteroatoms. The van der Waals surface area contributed by atoms with Gasteiger partial charge in [-0.3, -0.25) is 57.9 Å². The Morgan fingerprint density at radius 2 is 1.09 bits per heavy atom. The first-order valence-corrected chi connectivity index (χ1v) is 31.5. The molecule has 1 heterocycles. The second-order valence-electron chi connectivity index (χ2n) is 21.6. The Balaban J connectivity index is 1.60. The number of carboxylic acids is 4. The van der Waals surface area contributed by atoms with E-state index >= 15 is 0 Å². The van der Waals surface area contributed by atoms with Crippen LogP contribution in [0.5, 0.6) is 0 Å². The fraction of sp³-hybridized carbons (Fsp3) is 0.596. The number of anilines is 1. The quantitative estimate of drug-likeness (QED) is 0.0339. The van der Waals surface area contributed by atoms with Gasteiger partial charge in [-0.1, -0.05) is 64.1 Å². The zero-order chi connectivity index (χ0) is 63.2. The normalized spacial score (nSPS) is 15.9. The molecule has 2 aromatic carbocycles. The summed E-state index contributed by atoms with van der Waals surface area (Å²) in [6.45, 7) is 9.36. The van der Waals surface area contributed by atoms with E-state index in [0.29, 0.717) is 67.1 Å². The van der Waals surface area contributed by atoms with Crippen molar-refractivity contribution >= 4 is 106 Å². The Hall–Kier alpha value is -6.59. The zero-order valence-electron chi connectivity index (χ0n) is 49.6. The van der Waals surface area contributed by atoms with Crippen molar-refractivity contribution in [3.8, 4) is 0 Å². The first-order chi connectivity index (χ1) is 40.3. The molecule has 1 unspecified atom stereocenters. The van der Waals surface area contributed by atoms with Gasteiger partial charge in [-0.15, -0.1) is 0 Å². The summed E-state index contributed by atoms with van der Waals surface area (Å²) in [5.74, 6) is -6.81. The van der Waals surface area contributed by atoms with Crippen LogP contribution >= 0.6 is 35.7 Å². The SMILES string of the molecule is CSCC[C@H](NC(=O)Cc1ccc(CNC(=O)[C@@H](NC(=O)[C@H](CCSC)NC(=S)Nc2ccc(CC3CN(CC(=O)O)CCN(CC(=O)O)CCN3CC(=O)O)cc2)C(C)C)cc1)C(=O)N[C@H](C(=O)N[C@@H](CCCCNC(C)=O)C(=O)O)C(C)C. The summed E-state index contributed by atoms with van der Waals surface area (Å²) in [6, 6.07) is 8.72. The number of thioether (sulfide) groups is 2. The van der Waals surface area contributed by atoms with Crippen molar-refractivity contribution in [2.24, 2.45) is 11.8 Å². The van der Waals surface area contributed by atoms with Crippen LogP contribution in [-0.2, 0) is 67.3 Å². The van der Waals surface area contributed by atoms with Gasteiger partial charge in [0.2, 0.25) is 35.4 Å². The second kappa shape index (κ2) is 38.5. The third-order valence-electron chi connectivity index (χ3n) is 13.9. The number of aliphatic carboxylic acids is 4. The predicted molar refractivity (Wildman–Crippen MR) is 330 cm³/mol.